The van der Waals surface area contributed by atoms with Crippen molar-refractivity contribution in [2.75, 3.05) is 27.2 Å². The van der Waals surface area contributed by atoms with Crippen LogP contribution in [0.4, 0.5) is 0 Å². The Balaban J connectivity index is 1.85. The number of furan rings is 1. The molecule has 0 radical (unpaired) electrons. The van der Waals surface area contributed by atoms with Crippen LogP contribution >= 0.6 is 0 Å². The van der Waals surface area contributed by atoms with E-state index in [4.69, 9.17) is 9.15 Å². The molecule has 1 aliphatic rings. The highest BCUT2D eigenvalue weighted by Crippen LogP contribution is 2.17. The van der Waals surface area contributed by atoms with Crippen molar-refractivity contribution >= 4 is 0 Å². The molecule has 0 amide bonds. The highest BCUT2D eigenvalue weighted by atomic mass is 16.5. The van der Waals surface area contributed by atoms with E-state index in [9.17, 15) is 0 Å². The summed E-state index contributed by atoms with van der Waals surface area (Å²) in [5, 5.41) is 3.12. The number of hydrogen-bond donors (Lipinski definition) is 1. The van der Waals surface area contributed by atoms with E-state index in [0.29, 0.717) is 6.10 Å². The van der Waals surface area contributed by atoms with Gasteiger partial charge in [-0.15, -0.1) is 0 Å². The second kappa shape index (κ2) is 6.36. The minimum absolute atomic E-state index is 0.405. The van der Waals surface area contributed by atoms with Crippen molar-refractivity contribution in [1.29, 1.82) is 0 Å². The molecule has 0 bridgehead atoms. The fraction of sp³-hybridized carbons (Fsp3) is 0.714. The lowest BCUT2D eigenvalue weighted by molar-refractivity contribution is 0.0773. The highest BCUT2D eigenvalue weighted by Gasteiger charge is 2.18. The molecule has 1 aliphatic heterocycles. The van der Waals surface area contributed by atoms with Crippen LogP contribution in [0.1, 0.15) is 29.9 Å². The van der Waals surface area contributed by atoms with Gasteiger partial charge in [0.1, 0.15) is 11.5 Å². The van der Waals surface area contributed by atoms with Crippen LogP contribution in [0.2, 0.25) is 0 Å². The van der Waals surface area contributed by atoms with E-state index in [-0.39, 0.29) is 0 Å². The summed E-state index contributed by atoms with van der Waals surface area (Å²) in [6, 6.07) is 2.14. The number of rotatable bonds is 6. The molecule has 1 N–H and O–H groups in total. The molecule has 2 rings (SSSR count). The Labute approximate surface area is 109 Å². The molecule has 0 saturated carbocycles. The van der Waals surface area contributed by atoms with Crippen LogP contribution in [0.5, 0.6) is 0 Å². The summed E-state index contributed by atoms with van der Waals surface area (Å²) in [7, 11) is 4.06. The Kier molecular flexibility index (Phi) is 4.80. The largest absolute Gasteiger partial charge is 0.463 e. The van der Waals surface area contributed by atoms with Gasteiger partial charge in [-0.2, -0.15) is 0 Å². The predicted molar refractivity (Wildman–Crippen MR) is 71.5 cm³/mol. The monoisotopic (exact) mass is 252 g/mol. The van der Waals surface area contributed by atoms with Crippen LogP contribution in [0.25, 0.3) is 0 Å². The molecule has 1 fully saturated rings. The zero-order chi connectivity index (χ0) is 13.0. The lowest BCUT2D eigenvalue weighted by Crippen LogP contribution is -2.28. The van der Waals surface area contributed by atoms with Crippen molar-refractivity contribution in [3.8, 4) is 0 Å². The molecule has 0 spiro atoms. The average Bonchev–Trinajstić information content (AvgIpc) is 2.90. The van der Waals surface area contributed by atoms with Crippen molar-refractivity contribution < 1.29 is 9.15 Å². The summed E-state index contributed by atoms with van der Waals surface area (Å²) >= 11 is 0. The predicted octanol–water partition coefficient (Wildman–Crippen LogP) is 1.92. The van der Waals surface area contributed by atoms with E-state index in [1.54, 1.807) is 0 Å². The number of nitrogens with one attached hydrogen (secondary N) is 1. The topological polar surface area (TPSA) is 37.6 Å². The van der Waals surface area contributed by atoms with Gasteiger partial charge in [-0.05, 0) is 45.5 Å². The van der Waals surface area contributed by atoms with E-state index in [1.165, 1.54) is 18.4 Å². The zero-order valence-electron chi connectivity index (χ0n) is 11.7. The van der Waals surface area contributed by atoms with Crippen LogP contribution < -0.4 is 5.32 Å². The van der Waals surface area contributed by atoms with Crippen LogP contribution in [0.3, 0.4) is 0 Å². The van der Waals surface area contributed by atoms with Crippen molar-refractivity contribution in [1.82, 2.24) is 10.2 Å². The number of nitrogens with zero attached hydrogens (tertiary/aromatic N) is 1. The first kappa shape index (κ1) is 13.6. The van der Waals surface area contributed by atoms with Crippen LogP contribution in [0.15, 0.2) is 10.5 Å². The van der Waals surface area contributed by atoms with Crippen molar-refractivity contribution in [3.05, 3.63) is 23.2 Å². The maximum atomic E-state index is 5.84. The molecule has 1 saturated heterocycles. The molecule has 0 aliphatic carbocycles. The summed E-state index contributed by atoms with van der Waals surface area (Å²) < 4.78 is 11.5. The Morgan fingerprint density at radius 3 is 3.00 bits per heavy atom. The molecule has 1 aromatic heterocycles. The van der Waals surface area contributed by atoms with Gasteiger partial charge in [0.25, 0.3) is 0 Å². The molecule has 1 unspecified atom stereocenters. The van der Waals surface area contributed by atoms with Gasteiger partial charge in [-0.25, -0.2) is 0 Å². The lowest BCUT2D eigenvalue weighted by Gasteiger charge is -2.19. The van der Waals surface area contributed by atoms with Crippen molar-refractivity contribution in [2.45, 2.75) is 39.0 Å². The Morgan fingerprint density at radius 2 is 2.33 bits per heavy atom. The van der Waals surface area contributed by atoms with Gasteiger partial charge in [0, 0.05) is 13.2 Å². The van der Waals surface area contributed by atoms with E-state index < -0.39 is 0 Å². The molecule has 4 heteroatoms. The lowest BCUT2D eigenvalue weighted by atomic mass is 10.2. The van der Waals surface area contributed by atoms with E-state index in [2.05, 4.69) is 30.3 Å². The standard InChI is InChI=1S/C14H24N2O2/c1-11-7-13(18-14(11)8-15-2)10-16(3)9-12-5-4-6-17-12/h7,12,15H,4-6,8-10H2,1-3H3. The number of hydrogen-bond acceptors (Lipinski definition) is 4. The highest BCUT2D eigenvalue weighted by molar-refractivity contribution is 5.19. The van der Waals surface area contributed by atoms with Gasteiger partial charge in [-0.3, -0.25) is 4.90 Å². The van der Waals surface area contributed by atoms with Crippen molar-refractivity contribution in [3.63, 3.8) is 0 Å². The zero-order valence-corrected chi connectivity index (χ0v) is 11.7. The minimum atomic E-state index is 0.405. The third kappa shape index (κ3) is 3.57. The quantitative estimate of drug-likeness (QED) is 0.839. The molecule has 4 nitrogen and oxygen atoms in total. The first-order chi connectivity index (χ1) is 8.69. The number of aryl methyl sites for hydroxylation is 1. The Hall–Kier alpha value is -0.840. The van der Waals surface area contributed by atoms with Crippen LogP contribution in [-0.4, -0.2) is 38.3 Å². The van der Waals surface area contributed by atoms with E-state index in [0.717, 1.165) is 37.8 Å². The second-order valence-electron chi connectivity index (χ2n) is 5.18. The summed E-state index contributed by atoms with van der Waals surface area (Å²) in [5.74, 6) is 2.08. The smallest absolute Gasteiger partial charge is 0.120 e. The Bertz CT molecular complexity index is 370. The maximum Gasteiger partial charge on any atom is 0.120 e. The van der Waals surface area contributed by atoms with Gasteiger partial charge in [0.2, 0.25) is 0 Å². The third-order valence-corrected chi connectivity index (χ3v) is 3.37. The van der Waals surface area contributed by atoms with Crippen LogP contribution in [-0.2, 0) is 17.8 Å². The molecule has 0 aromatic carbocycles. The summed E-state index contributed by atoms with van der Waals surface area (Å²) in [5.41, 5.74) is 1.23. The fourth-order valence-electron chi connectivity index (χ4n) is 2.47. The normalized spacial score (nSPS) is 19.9. The molecule has 1 atom stereocenters. The number of likely N-dealkylation sites (N-methyl/N-ethyl adjacent to an activating group) is 1. The number of ether oxygens (including phenoxy) is 1. The first-order valence-corrected chi connectivity index (χ1v) is 6.72. The molecular formula is C14H24N2O2. The summed E-state index contributed by atoms with van der Waals surface area (Å²) in [6.45, 7) is 5.65. The fourth-order valence-corrected chi connectivity index (χ4v) is 2.47. The van der Waals surface area contributed by atoms with Crippen molar-refractivity contribution in [2.24, 2.45) is 0 Å². The minimum Gasteiger partial charge on any atom is -0.463 e. The molecular weight excluding hydrogens is 228 g/mol. The second-order valence-corrected chi connectivity index (χ2v) is 5.18. The van der Waals surface area contributed by atoms with Gasteiger partial charge >= 0.3 is 0 Å². The van der Waals surface area contributed by atoms with Gasteiger partial charge < -0.3 is 14.5 Å². The SMILES string of the molecule is CNCc1oc(CN(C)CC2CCCO2)cc1C. The third-order valence-electron chi connectivity index (χ3n) is 3.37. The van der Waals surface area contributed by atoms with E-state index in [1.807, 2.05) is 7.05 Å². The first-order valence-electron chi connectivity index (χ1n) is 6.72. The van der Waals surface area contributed by atoms with Gasteiger partial charge in [0.15, 0.2) is 0 Å². The summed E-state index contributed by atoms with van der Waals surface area (Å²) in [6.07, 6.45) is 2.79. The van der Waals surface area contributed by atoms with Crippen LogP contribution in [0, 0.1) is 6.92 Å². The average molecular weight is 252 g/mol. The van der Waals surface area contributed by atoms with E-state index >= 15 is 0 Å². The molecule has 102 valence electrons. The maximum absolute atomic E-state index is 5.84. The Morgan fingerprint density at radius 1 is 1.50 bits per heavy atom. The van der Waals surface area contributed by atoms with Gasteiger partial charge in [0.05, 0.1) is 19.2 Å². The molecule has 1 aromatic rings. The molecule has 2 heterocycles. The molecule has 18 heavy (non-hydrogen) atoms. The van der Waals surface area contributed by atoms with Gasteiger partial charge in [-0.1, -0.05) is 0 Å². The summed E-state index contributed by atoms with van der Waals surface area (Å²) in [4.78, 5) is 2.28.